The third kappa shape index (κ3) is 0.605. The Labute approximate surface area is 69.7 Å². The molecular weight excluding hydrogens is 150 g/mol. The fraction of sp³-hybridized carbons (Fsp3) is 0.111. The van der Waals surface area contributed by atoms with Gasteiger partial charge in [0, 0.05) is 6.42 Å². The molecule has 0 N–H and O–H groups in total. The molecular formula is C9H7N3. The molecule has 12 heavy (non-hydrogen) atoms. The standard InChI is InChI=1S/C9H7N3/c1-2-4-8-7(3-1)5-9-11-10-6-12(8)9/h1-4,6H,5H2. The second-order valence-corrected chi connectivity index (χ2v) is 2.92. The van der Waals surface area contributed by atoms with Crippen molar-refractivity contribution in [3.05, 3.63) is 42.0 Å². The molecule has 1 aromatic carbocycles. The fourth-order valence-electron chi connectivity index (χ4n) is 1.65. The van der Waals surface area contributed by atoms with Crippen molar-refractivity contribution in [2.24, 2.45) is 0 Å². The second kappa shape index (κ2) is 1.94. The summed E-state index contributed by atoms with van der Waals surface area (Å²) in [4.78, 5) is 0. The Morgan fingerprint density at radius 1 is 1.25 bits per heavy atom. The van der Waals surface area contributed by atoms with Crippen molar-refractivity contribution in [3.63, 3.8) is 0 Å². The molecule has 1 aliphatic heterocycles. The molecule has 3 heteroatoms. The molecule has 0 fully saturated rings. The van der Waals surface area contributed by atoms with Crippen LogP contribution in [0.4, 0.5) is 0 Å². The minimum Gasteiger partial charge on any atom is -0.285 e. The van der Waals surface area contributed by atoms with Gasteiger partial charge < -0.3 is 0 Å². The molecule has 3 nitrogen and oxygen atoms in total. The maximum absolute atomic E-state index is 4.02. The maximum atomic E-state index is 4.02. The molecule has 0 unspecified atom stereocenters. The summed E-state index contributed by atoms with van der Waals surface area (Å²) in [7, 11) is 0. The van der Waals surface area contributed by atoms with Gasteiger partial charge in [-0.1, -0.05) is 18.2 Å². The Hall–Kier alpha value is -1.64. The zero-order chi connectivity index (χ0) is 7.97. The number of nitrogens with zero attached hydrogens (tertiary/aromatic N) is 3. The van der Waals surface area contributed by atoms with Crippen LogP contribution in [-0.2, 0) is 6.42 Å². The van der Waals surface area contributed by atoms with E-state index in [9.17, 15) is 0 Å². The van der Waals surface area contributed by atoms with Gasteiger partial charge in [0.2, 0.25) is 0 Å². The smallest absolute Gasteiger partial charge is 0.141 e. The highest BCUT2D eigenvalue weighted by Crippen LogP contribution is 2.24. The van der Waals surface area contributed by atoms with E-state index >= 15 is 0 Å². The molecule has 0 aliphatic carbocycles. The first-order valence-electron chi connectivity index (χ1n) is 3.92. The number of para-hydroxylation sites is 1. The number of rotatable bonds is 0. The summed E-state index contributed by atoms with van der Waals surface area (Å²) in [6.45, 7) is 0. The van der Waals surface area contributed by atoms with Crippen molar-refractivity contribution in [2.75, 3.05) is 0 Å². The molecule has 1 aromatic heterocycles. The van der Waals surface area contributed by atoms with Crippen LogP contribution in [0.25, 0.3) is 5.69 Å². The minimum absolute atomic E-state index is 0.913. The number of hydrogen-bond donors (Lipinski definition) is 0. The van der Waals surface area contributed by atoms with E-state index in [4.69, 9.17) is 0 Å². The SMILES string of the molecule is c1ccc2c(c1)Cc1nncn1-2. The summed E-state index contributed by atoms with van der Waals surface area (Å²) in [5, 5.41) is 7.88. The van der Waals surface area contributed by atoms with Crippen molar-refractivity contribution in [1.29, 1.82) is 0 Å². The first-order chi connectivity index (χ1) is 5.95. The lowest BCUT2D eigenvalue weighted by atomic mass is 10.1. The molecule has 2 aromatic rings. The van der Waals surface area contributed by atoms with Crippen LogP contribution in [0, 0.1) is 0 Å². The Morgan fingerprint density at radius 2 is 2.17 bits per heavy atom. The average molecular weight is 157 g/mol. The summed E-state index contributed by atoms with van der Waals surface area (Å²) in [6.07, 6.45) is 2.68. The van der Waals surface area contributed by atoms with Gasteiger partial charge in [-0.15, -0.1) is 10.2 Å². The highest BCUT2D eigenvalue weighted by atomic mass is 15.3. The van der Waals surface area contributed by atoms with Gasteiger partial charge in [0.25, 0.3) is 0 Å². The topological polar surface area (TPSA) is 30.7 Å². The van der Waals surface area contributed by atoms with Crippen molar-refractivity contribution >= 4 is 0 Å². The van der Waals surface area contributed by atoms with Gasteiger partial charge in [-0.25, -0.2) is 0 Å². The van der Waals surface area contributed by atoms with Gasteiger partial charge in [-0.3, -0.25) is 4.57 Å². The van der Waals surface area contributed by atoms with Crippen LogP contribution in [0.1, 0.15) is 11.4 Å². The van der Waals surface area contributed by atoms with Crippen LogP contribution >= 0.6 is 0 Å². The van der Waals surface area contributed by atoms with Gasteiger partial charge >= 0.3 is 0 Å². The maximum Gasteiger partial charge on any atom is 0.141 e. The predicted molar refractivity (Wildman–Crippen MR) is 44.2 cm³/mol. The highest BCUT2D eigenvalue weighted by Gasteiger charge is 2.17. The van der Waals surface area contributed by atoms with E-state index in [2.05, 4.69) is 28.4 Å². The Morgan fingerprint density at radius 3 is 3.17 bits per heavy atom. The third-order valence-electron chi connectivity index (χ3n) is 2.22. The normalized spacial score (nSPS) is 12.7. The zero-order valence-corrected chi connectivity index (χ0v) is 6.44. The second-order valence-electron chi connectivity index (χ2n) is 2.92. The van der Waals surface area contributed by atoms with Crippen LogP contribution in [-0.4, -0.2) is 14.8 Å². The summed E-state index contributed by atoms with van der Waals surface area (Å²) >= 11 is 0. The highest BCUT2D eigenvalue weighted by molar-refractivity contribution is 5.47. The van der Waals surface area contributed by atoms with Crippen LogP contribution in [0.15, 0.2) is 30.6 Å². The molecule has 0 amide bonds. The van der Waals surface area contributed by atoms with Gasteiger partial charge in [0.1, 0.15) is 12.2 Å². The Balaban J connectivity index is 2.34. The van der Waals surface area contributed by atoms with Crippen molar-refractivity contribution in [2.45, 2.75) is 6.42 Å². The lowest BCUT2D eigenvalue weighted by Crippen LogP contribution is -1.88. The quantitative estimate of drug-likeness (QED) is 0.490. The molecule has 0 radical (unpaired) electrons. The average Bonchev–Trinajstić information content (AvgIpc) is 2.62. The van der Waals surface area contributed by atoms with Gasteiger partial charge in [0.15, 0.2) is 0 Å². The first-order valence-corrected chi connectivity index (χ1v) is 3.92. The van der Waals surface area contributed by atoms with E-state index in [1.165, 1.54) is 11.3 Å². The molecule has 0 bridgehead atoms. The minimum atomic E-state index is 0.913. The van der Waals surface area contributed by atoms with Gasteiger partial charge in [-0.2, -0.15) is 0 Å². The lowest BCUT2D eigenvalue weighted by molar-refractivity contribution is 0.975. The number of fused-ring (bicyclic) bond motifs is 3. The molecule has 0 atom stereocenters. The van der Waals surface area contributed by atoms with Gasteiger partial charge in [-0.05, 0) is 11.6 Å². The summed E-state index contributed by atoms with van der Waals surface area (Å²) < 4.78 is 2.04. The predicted octanol–water partition coefficient (Wildman–Crippen LogP) is 1.17. The van der Waals surface area contributed by atoms with E-state index < -0.39 is 0 Å². The number of hydrogen-bond acceptors (Lipinski definition) is 2. The Bertz CT molecular complexity index is 431. The van der Waals surface area contributed by atoms with Crippen LogP contribution < -0.4 is 0 Å². The van der Waals surface area contributed by atoms with E-state index in [-0.39, 0.29) is 0 Å². The molecule has 2 heterocycles. The van der Waals surface area contributed by atoms with E-state index in [0.29, 0.717) is 0 Å². The Kier molecular flexibility index (Phi) is 0.961. The van der Waals surface area contributed by atoms with Crippen LogP contribution in [0.5, 0.6) is 0 Å². The van der Waals surface area contributed by atoms with Crippen molar-refractivity contribution in [3.8, 4) is 5.69 Å². The lowest BCUT2D eigenvalue weighted by Gasteiger charge is -1.97. The first kappa shape index (κ1) is 5.94. The van der Waals surface area contributed by atoms with Crippen LogP contribution in [0.2, 0.25) is 0 Å². The monoisotopic (exact) mass is 157 g/mol. The van der Waals surface area contributed by atoms with E-state index in [0.717, 1.165) is 12.2 Å². The van der Waals surface area contributed by atoms with E-state index in [1.807, 2.05) is 10.6 Å². The molecule has 3 rings (SSSR count). The molecule has 58 valence electrons. The largest absolute Gasteiger partial charge is 0.285 e. The van der Waals surface area contributed by atoms with E-state index in [1.54, 1.807) is 6.33 Å². The van der Waals surface area contributed by atoms with Crippen LogP contribution in [0.3, 0.4) is 0 Å². The molecule has 1 aliphatic rings. The third-order valence-corrected chi connectivity index (χ3v) is 2.22. The van der Waals surface area contributed by atoms with Crippen molar-refractivity contribution < 1.29 is 0 Å². The fourth-order valence-corrected chi connectivity index (χ4v) is 1.65. The number of benzene rings is 1. The zero-order valence-electron chi connectivity index (χ0n) is 6.44. The summed E-state index contributed by atoms with van der Waals surface area (Å²) in [5.41, 5.74) is 2.56. The summed E-state index contributed by atoms with van der Waals surface area (Å²) in [5.74, 6) is 1.04. The van der Waals surface area contributed by atoms with Crippen molar-refractivity contribution in [1.82, 2.24) is 14.8 Å². The van der Waals surface area contributed by atoms with Gasteiger partial charge in [0.05, 0.1) is 5.69 Å². The molecule has 0 saturated heterocycles. The molecule has 0 spiro atoms. The summed E-state index contributed by atoms with van der Waals surface area (Å²) in [6, 6.07) is 8.31. The number of aromatic nitrogens is 3. The molecule has 0 saturated carbocycles.